The van der Waals surface area contributed by atoms with Gasteiger partial charge in [-0.2, -0.15) is 0 Å². The maximum Gasteiger partial charge on any atom is 0.105 e. The fraction of sp³-hybridized carbons (Fsp3) is 0.455. The number of hydrogen-bond acceptors (Lipinski definition) is 0. The molecule has 2 aromatic carbocycles. The van der Waals surface area contributed by atoms with Gasteiger partial charge in [0.1, 0.15) is 7.11 Å². The third kappa shape index (κ3) is 3.15. The Balaban J connectivity index is 3.16. The molecule has 0 fully saturated rings. The highest BCUT2D eigenvalue weighted by molar-refractivity contribution is 7.76. The monoisotopic (exact) mass is 384 g/mol. The minimum Gasteiger partial charge on any atom is -0.0711 e. The molecule has 0 amide bonds. The van der Waals surface area contributed by atoms with Crippen LogP contribution in [-0.4, -0.2) is 22.3 Å². The van der Waals surface area contributed by atoms with Crippen LogP contribution in [0.2, 0.25) is 39.3 Å². The first kappa shape index (κ1) is 20.4. The summed E-state index contributed by atoms with van der Waals surface area (Å²) in [4.78, 5) is 0. The molecule has 2 rings (SSSR count). The standard InChI is InChI=1S/C22H36Si3/c1-17-13-11-14-18(2)21(17)25(23(5,6)7,24(8,9)10)22-19(3)15-12-16-20(22)4/h11-16H,1-10H3. The van der Waals surface area contributed by atoms with E-state index < -0.39 is 22.3 Å². The fourth-order valence-corrected chi connectivity index (χ4v) is 54.5. The molecule has 0 atom stereocenters. The van der Waals surface area contributed by atoms with Gasteiger partial charge in [0, 0.05) is 15.2 Å². The van der Waals surface area contributed by atoms with Crippen molar-refractivity contribution in [1.29, 1.82) is 0 Å². The minimum absolute atomic E-state index is 1.48. The van der Waals surface area contributed by atoms with Crippen LogP contribution in [0.5, 0.6) is 0 Å². The van der Waals surface area contributed by atoms with Gasteiger partial charge in [0.25, 0.3) is 0 Å². The second-order valence-electron chi connectivity index (χ2n) is 9.78. The molecule has 136 valence electrons. The van der Waals surface area contributed by atoms with Crippen LogP contribution < -0.4 is 10.4 Å². The van der Waals surface area contributed by atoms with Gasteiger partial charge >= 0.3 is 0 Å². The highest BCUT2D eigenvalue weighted by atomic mass is 29.6. The van der Waals surface area contributed by atoms with Gasteiger partial charge in [-0.05, 0) is 27.7 Å². The molecule has 0 unspecified atom stereocenters. The maximum absolute atomic E-state index is 2.65. The molecule has 0 aliphatic carbocycles. The van der Waals surface area contributed by atoms with E-state index in [1.165, 1.54) is 22.3 Å². The Hall–Kier alpha value is -0.909. The van der Waals surface area contributed by atoms with Crippen LogP contribution in [-0.2, 0) is 0 Å². The minimum atomic E-state index is -1.85. The predicted octanol–water partition coefficient (Wildman–Crippen LogP) is 5.32. The van der Waals surface area contributed by atoms with Crippen LogP contribution in [0, 0.1) is 27.7 Å². The zero-order valence-corrected chi connectivity index (χ0v) is 21.0. The van der Waals surface area contributed by atoms with E-state index in [2.05, 4.69) is 103 Å². The second-order valence-corrected chi connectivity index (χ2v) is 36.3. The Morgan fingerprint density at radius 3 is 0.920 bits per heavy atom. The lowest BCUT2D eigenvalue weighted by molar-refractivity contribution is 1.40. The molecule has 0 saturated heterocycles. The van der Waals surface area contributed by atoms with Gasteiger partial charge in [-0.1, -0.05) is 108 Å². The number of rotatable bonds is 4. The summed E-state index contributed by atoms with van der Waals surface area (Å²) in [7, 11) is -4.81. The lowest BCUT2D eigenvalue weighted by atomic mass is 10.1. The highest BCUT2D eigenvalue weighted by Gasteiger charge is 2.58. The van der Waals surface area contributed by atoms with E-state index in [-0.39, 0.29) is 0 Å². The molecule has 0 aliphatic rings. The van der Waals surface area contributed by atoms with Gasteiger partial charge in [0.15, 0.2) is 0 Å². The van der Waals surface area contributed by atoms with Gasteiger partial charge in [0.2, 0.25) is 0 Å². The van der Waals surface area contributed by atoms with Crippen LogP contribution in [0.25, 0.3) is 0 Å². The molecule has 0 aliphatic heterocycles. The summed E-state index contributed by atoms with van der Waals surface area (Å²) in [6, 6.07) is 13.9. The summed E-state index contributed by atoms with van der Waals surface area (Å²) in [6.45, 7) is 25.3. The van der Waals surface area contributed by atoms with Crippen LogP contribution >= 0.6 is 0 Å². The molecule has 0 saturated carbocycles. The first-order valence-corrected chi connectivity index (χ1v) is 20.5. The fourth-order valence-electron chi connectivity index (χ4n) is 5.56. The van der Waals surface area contributed by atoms with Gasteiger partial charge in [-0.15, -0.1) is 0 Å². The molecule has 0 nitrogen and oxygen atoms in total. The topological polar surface area (TPSA) is 0 Å². The van der Waals surface area contributed by atoms with Gasteiger partial charge in [-0.3, -0.25) is 0 Å². The van der Waals surface area contributed by atoms with E-state index in [0.717, 1.165) is 0 Å². The van der Waals surface area contributed by atoms with E-state index in [1.807, 2.05) is 0 Å². The van der Waals surface area contributed by atoms with E-state index in [4.69, 9.17) is 0 Å². The first-order valence-electron chi connectivity index (χ1n) is 9.49. The maximum atomic E-state index is 2.65. The van der Waals surface area contributed by atoms with Crippen molar-refractivity contribution in [3.05, 3.63) is 58.7 Å². The summed E-state index contributed by atoms with van der Waals surface area (Å²) < 4.78 is 0. The van der Waals surface area contributed by atoms with Crippen molar-refractivity contribution in [3.63, 3.8) is 0 Å². The van der Waals surface area contributed by atoms with Gasteiger partial charge < -0.3 is 0 Å². The van der Waals surface area contributed by atoms with E-state index in [0.29, 0.717) is 0 Å². The smallest absolute Gasteiger partial charge is 0.0711 e. The van der Waals surface area contributed by atoms with Crippen molar-refractivity contribution < 1.29 is 0 Å². The molecule has 0 spiro atoms. The van der Waals surface area contributed by atoms with Gasteiger partial charge in [-0.25, -0.2) is 0 Å². The van der Waals surface area contributed by atoms with Crippen LogP contribution in [0.1, 0.15) is 22.3 Å². The zero-order valence-electron chi connectivity index (χ0n) is 18.0. The Bertz CT molecular complexity index is 669. The quantitative estimate of drug-likeness (QED) is 0.626. The molecule has 0 bridgehead atoms. The summed E-state index contributed by atoms with van der Waals surface area (Å²) >= 11 is 0. The Morgan fingerprint density at radius 1 is 0.480 bits per heavy atom. The summed E-state index contributed by atoms with van der Waals surface area (Å²) in [5.41, 5.74) is 6.11. The Labute approximate surface area is 158 Å². The second kappa shape index (κ2) is 6.67. The molecule has 0 aromatic heterocycles. The van der Waals surface area contributed by atoms with Crippen LogP contribution in [0.15, 0.2) is 36.4 Å². The molecule has 0 heterocycles. The summed E-state index contributed by atoms with van der Waals surface area (Å²) in [5.74, 6) is 0. The molecular weight excluding hydrogens is 349 g/mol. The largest absolute Gasteiger partial charge is 0.105 e. The van der Waals surface area contributed by atoms with Crippen molar-refractivity contribution in [3.8, 4) is 0 Å². The average molecular weight is 385 g/mol. The van der Waals surface area contributed by atoms with Gasteiger partial charge in [0.05, 0.1) is 0 Å². The number of aryl methyl sites for hydroxylation is 4. The van der Waals surface area contributed by atoms with Crippen LogP contribution in [0.3, 0.4) is 0 Å². The number of benzene rings is 2. The molecule has 0 N–H and O–H groups in total. The summed E-state index contributed by atoms with van der Waals surface area (Å²) in [6.07, 6.45) is 0. The highest BCUT2D eigenvalue weighted by Crippen LogP contribution is 2.32. The van der Waals surface area contributed by atoms with Crippen LogP contribution in [0.4, 0.5) is 0 Å². The first-order chi connectivity index (χ1) is 11.4. The van der Waals surface area contributed by atoms with Crippen molar-refractivity contribution in [2.75, 3.05) is 0 Å². The molecule has 25 heavy (non-hydrogen) atoms. The zero-order chi connectivity index (χ0) is 19.2. The third-order valence-electron chi connectivity index (χ3n) is 5.96. The summed E-state index contributed by atoms with van der Waals surface area (Å²) in [5, 5.41) is 3.54. The lowest BCUT2D eigenvalue weighted by Crippen LogP contribution is -2.85. The van der Waals surface area contributed by atoms with Crippen molar-refractivity contribution >= 4 is 32.7 Å². The Kier molecular flexibility index (Phi) is 5.45. The number of hydrogen-bond donors (Lipinski definition) is 0. The normalized spacial score (nSPS) is 13.2. The predicted molar refractivity (Wildman–Crippen MR) is 124 cm³/mol. The van der Waals surface area contributed by atoms with E-state index in [1.54, 1.807) is 10.4 Å². The average Bonchev–Trinajstić information content (AvgIpc) is 2.42. The SMILES string of the molecule is Cc1cccc(C)c1[Si](c1c(C)cccc1C)([Si](C)(C)C)[Si](C)(C)C. The van der Waals surface area contributed by atoms with Crippen molar-refractivity contribution in [1.82, 2.24) is 0 Å². The molecular formula is C22H36Si3. The van der Waals surface area contributed by atoms with Crippen molar-refractivity contribution in [2.24, 2.45) is 0 Å². The molecule has 2 aromatic rings. The lowest BCUT2D eigenvalue weighted by Gasteiger charge is -2.53. The molecule has 3 heteroatoms. The molecule has 0 radical (unpaired) electrons. The van der Waals surface area contributed by atoms with E-state index in [9.17, 15) is 0 Å². The van der Waals surface area contributed by atoms with E-state index >= 15 is 0 Å². The Morgan fingerprint density at radius 2 is 0.720 bits per heavy atom. The van der Waals surface area contributed by atoms with Crippen molar-refractivity contribution in [2.45, 2.75) is 67.0 Å². The third-order valence-corrected chi connectivity index (χ3v) is 43.5.